The highest BCUT2D eigenvalue weighted by atomic mass is 16.3. The van der Waals surface area contributed by atoms with Gasteiger partial charge in [-0.1, -0.05) is 6.42 Å². The molecule has 0 aromatic carbocycles. The van der Waals surface area contributed by atoms with Gasteiger partial charge in [0, 0.05) is 32.2 Å². The summed E-state index contributed by atoms with van der Waals surface area (Å²) in [6.07, 6.45) is 5.75. The fourth-order valence-corrected chi connectivity index (χ4v) is 3.76. The smallest absolute Gasteiger partial charge is 0.236 e. The van der Waals surface area contributed by atoms with Crippen molar-refractivity contribution in [2.75, 3.05) is 26.7 Å². The van der Waals surface area contributed by atoms with Gasteiger partial charge < -0.3 is 19.7 Å². The number of hydrogen-bond acceptors (Lipinski definition) is 5. The molecule has 0 spiro atoms. The molecule has 2 fully saturated rings. The lowest BCUT2D eigenvalue weighted by molar-refractivity contribution is -0.129. The van der Waals surface area contributed by atoms with Gasteiger partial charge in [-0.15, -0.1) is 0 Å². The lowest BCUT2D eigenvalue weighted by atomic mass is 10.1. The Labute approximate surface area is 137 Å². The lowest BCUT2D eigenvalue weighted by Gasteiger charge is -2.30. The second-order valence-corrected chi connectivity index (χ2v) is 6.75. The molecule has 1 aromatic rings. The summed E-state index contributed by atoms with van der Waals surface area (Å²) in [5.74, 6) is 0.874. The van der Waals surface area contributed by atoms with Crippen molar-refractivity contribution >= 4 is 5.91 Å². The highest BCUT2D eigenvalue weighted by molar-refractivity contribution is 5.77. The van der Waals surface area contributed by atoms with Crippen LogP contribution in [-0.4, -0.2) is 65.7 Å². The van der Waals surface area contributed by atoms with Gasteiger partial charge in [0.25, 0.3) is 0 Å². The van der Waals surface area contributed by atoms with Crippen LogP contribution in [0, 0.1) is 0 Å². The normalized spacial score (nSPS) is 28.3. The van der Waals surface area contributed by atoms with E-state index in [0.717, 1.165) is 38.1 Å². The second kappa shape index (κ2) is 7.47. The van der Waals surface area contributed by atoms with E-state index in [1.54, 1.807) is 18.2 Å². The first kappa shape index (κ1) is 16.5. The minimum atomic E-state index is -0.183. The molecule has 0 radical (unpaired) electrons. The van der Waals surface area contributed by atoms with Crippen LogP contribution in [0.25, 0.3) is 0 Å². The molecule has 3 atom stereocenters. The molecule has 0 bridgehead atoms. The molecule has 1 unspecified atom stereocenters. The van der Waals surface area contributed by atoms with Gasteiger partial charge in [-0.2, -0.15) is 0 Å². The zero-order valence-electron chi connectivity index (χ0n) is 13.8. The minimum absolute atomic E-state index is 0.0773. The van der Waals surface area contributed by atoms with E-state index in [9.17, 15) is 9.90 Å². The summed E-state index contributed by atoms with van der Waals surface area (Å²) in [5.41, 5.74) is 0. The monoisotopic (exact) mass is 321 g/mol. The molecule has 2 heterocycles. The Bertz CT molecular complexity index is 505. The van der Waals surface area contributed by atoms with Crippen molar-refractivity contribution in [1.29, 1.82) is 0 Å². The lowest BCUT2D eigenvalue weighted by Crippen LogP contribution is -2.49. The van der Waals surface area contributed by atoms with Gasteiger partial charge in [-0.05, 0) is 31.4 Å². The number of rotatable bonds is 6. The minimum Gasteiger partial charge on any atom is -0.467 e. The second-order valence-electron chi connectivity index (χ2n) is 6.75. The number of nitrogens with zero attached hydrogens (tertiary/aromatic N) is 2. The molecule has 6 nitrogen and oxygen atoms in total. The van der Waals surface area contributed by atoms with E-state index in [2.05, 4.69) is 10.2 Å². The maximum absolute atomic E-state index is 12.3. The predicted molar refractivity (Wildman–Crippen MR) is 86.8 cm³/mol. The maximum atomic E-state index is 12.3. The number of carbonyl (C=O) groups is 1. The number of likely N-dealkylation sites (N-methyl/N-ethyl adjacent to an activating group) is 1. The summed E-state index contributed by atoms with van der Waals surface area (Å²) in [5, 5.41) is 13.2. The van der Waals surface area contributed by atoms with E-state index in [1.165, 1.54) is 6.42 Å². The SMILES string of the molecule is CN(Cc1ccco1)C(=O)CN[C@@H]1CCC[C@@H]1N1CCC(O)C1. The molecule has 2 N–H and O–H groups in total. The van der Waals surface area contributed by atoms with Crippen LogP contribution in [-0.2, 0) is 11.3 Å². The highest BCUT2D eigenvalue weighted by Crippen LogP contribution is 2.27. The molecular formula is C17H27N3O3. The predicted octanol–water partition coefficient (Wildman–Crippen LogP) is 0.815. The maximum Gasteiger partial charge on any atom is 0.236 e. The number of furan rings is 1. The van der Waals surface area contributed by atoms with Gasteiger partial charge >= 0.3 is 0 Å². The van der Waals surface area contributed by atoms with Crippen molar-refractivity contribution < 1.29 is 14.3 Å². The van der Waals surface area contributed by atoms with Gasteiger partial charge in [-0.3, -0.25) is 9.69 Å². The Balaban J connectivity index is 1.46. The average Bonchev–Trinajstić information content (AvgIpc) is 3.25. The number of aliphatic hydroxyl groups is 1. The van der Waals surface area contributed by atoms with Crippen molar-refractivity contribution in [2.24, 2.45) is 0 Å². The molecule has 1 aliphatic heterocycles. The van der Waals surface area contributed by atoms with E-state index >= 15 is 0 Å². The average molecular weight is 321 g/mol. The third-order valence-electron chi connectivity index (χ3n) is 5.06. The fraction of sp³-hybridized carbons (Fsp3) is 0.706. The Morgan fingerprint density at radius 1 is 1.48 bits per heavy atom. The first-order chi connectivity index (χ1) is 11.1. The number of hydrogen-bond donors (Lipinski definition) is 2. The van der Waals surface area contributed by atoms with E-state index in [4.69, 9.17) is 4.42 Å². The Morgan fingerprint density at radius 3 is 3.04 bits per heavy atom. The van der Waals surface area contributed by atoms with Crippen molar-refractivity contribution in [3.8, 4) is 0 Å². The van der Waals surface area contributed by atoms with Crippen LogP contribution < -0.4 is 5.32 Å². The number of amides is 1. The number of nitrogens with one attached hydrogen (secondary N) is 1. The molecule has 1 aliphatic carbocycles. The molecule has 1 saturated heterocycles. The van der Waals surface area contributed by atoms with Crippen molar-refractivity contribution in [3.05, 3.63) is 24.2 Å². The third-order valence-corrected chi connectivity index (χ3v) is 5.06. The van der Waals surface area contributed by atoms with Gasteiger partial charge in [0.15, 0.2) is 0 Å². The summed E-state index contributed by atoms with van der Waals surface area (Å²) in [4.78, 5) is 16.3. The molecular weight excluding hydrogens is 294 g/mol. The van der Waals surface area contributed by atoms with Crippen molar-refractivity contribution in [3.63, 3.8) is 0 Å². The van der Waals surface area contributed by atoms with Crippen molar-refractivity contribution in [1.82, 2.24) is 15.1 Å². The standard InChI is InChI=1S/C17H27N3O3/c1-19(12-14-4-3-9-23-14)17(22)10-18-15-5-2-6-16(15)20-8-7-13(21)11-20/h3-4,9,13,15-16,18,21H,2,5-8,10-12H2,1H3/t13?,15-,16+/m1/s1. The van der Waals surface area contributed by atoms with E-state index in [-0.39, 0.29) is 12.0 Å². The largest absolute Gasteiger partial charge is 0.467 e. The molecule has 2 aliphatic rings. The first-order valence-electron chi connectivity index (χ1n) is 8.55. The van der Waals surface area contributed by atoms with Crippen LogP contribution in [0.5, 0.6) is 0 Å². The van der Waals surface area contributed by atoms with Gasteiger partial charge in [0.2, 0.25) is 5.91 Å². The zero-order chi connectivity index (χ0) is 16.2. The topological polar surface area (TPSA) is 69.0 Å². The van der Waals surface area contributed by atoms with Crippen LogP contribution >= 0.6 is 0 Å². The van der Waals surface area contributed by atoms with Crippen molar-refractivity contribution in [2.45, 2.75) is 50.4 Å². The number of β-amino-alcohol motifs (C(OH)–C–C–N with tert-alkyl or cyclic N) is 1. The van der Waals surface area contributed by atoms with Gasteiger partial charge in [0.1, 0.15) is 5.76 Å². The van der Waals surface area contributed by atoms with Crippen LogP contribution in [0.15, 0.2) is 22.8 Å². The van der Waals surface area contributed by atoms with Gasteiger partial charge in [0.05, 0.1) is 25.5 Å². The summed E-state index contributed by atoms with van der Waals surface area (Å²) in [7, 11) is 1.80. The Morgan fingerprint density at radius 2 is 2.35 bits per heavy atom. The molecule has 128 valence electrons. The number of likely N-dealkylation sites (tertiary alicyclic amines) is 1. The van der Waals surface area contributed by atoms with Crippen LogP contribution in [0.1, 0.15) is 31.4 Å². The van der Waals surface area contributed by atoms with E-state index in [0.29, 0.717) is 25.2 Å². The van der Waals surface area contributed by atoms with E-state index < -0.39 is 0 Å². The van der Waals surface area contributed by atoms with E-state index in [1.807, 2.05) is 12.1 Å². The Kier molecular flexibility index (Phi) is 5.35. The van der Waals surface area contributed by atoms with Gasteiger partial charge in [-0.25, -0.2) is 0 Å². The zero-order valence-corrected chi connectivity index (χ0v) is 13.8. The molecule has 1 aromatic heterocycles. The summed E-state index contributed by atoms with van der Waals surface area (Å²) >= 11 is 0. The fourth-order valence-electron chi connectivity index (χ4n) is 3.76. The van der Waals surface area contributed by atoms with Crippen LogP contribution in [0.4, 0.5) is 0 Å². The molecule has 1 amide bonds. The number of aliphatic hydroxyl groups excluding tert-OH is 1. The molecule has 23 heavy (non-hydrogen) atoms. The first-order valence-corrected chi connectivity index (χ1v) is 8.55. The van der Waals surface area contributed by atoms with Crippen LogP contribution in [0.2, 0.25) is 0 Å². The molecule has 6 heteroatoms. The van der Waals surface area contributed by atoms with Crippen LogP contribution in [0.3, 0.4) is 0 Å². The third kappa shape index (κ3) is 4.13. The summed E-state index contributed by atoms with van der Waals surface area (Å²) in [6.45, 7) is 2.60. The summed E-state index contributed by atoms with van der Waals surface area (Å²) in [6, 6.07) is 4.51. The quantitative estimate of drug-likeness (QED) is 0.812. The highest BCUT2D eigenvalue weighted by Gasteiger charge is 2.35. The molecule has 1 saturated carbocycles. The Hall–Kier alpha value is -1.37. The number of carbonyl (C=O) groups excluding carboxylic acids is 1. The summed E-state index contributed by atoms with van der Waals surface area (Å²) < 4.78 is 5.28. The molecule has 3 rings (SSSR count).